The number of rotatable bonds is 8. The lowest BCUT2D eigenvalue weighted by Gasteiger charge is -2.18. The molecular formula is C19H22N2O2. The summed E-state index contributed by atoms with van der Waals surface area (Å²) in [6, 6.07) is 17.9. The van der Waals surface area contributed by atoms with Crippen LogP contribution in [0.2, 0.25) is 0 Å². The van der Waals surface area contributed by atoms with Gasteiger partial charge in [-0.25, -0.2) is 0 Å². The number of benzene rings is 2. The van der Waals surface area contributed by atoms with Crippen LogP contribution in [0.4, 0.5) is 5.69 Å². The van der Waals surface area contributed by atoms with Crippen molar-refractivity contribution in [2.24, 2.45) is 0 Å². The van der Waals surface area contributed by atoms with E-state index < -0.39 is 0 Å². The van der Waals surface area contributed by atoms with E-state index in [1.807, 2.05) is 50.2 Å². The van der Waals surface area contributed by atoms with Gasteiger partial charge in [0.2, 0.25) is 0 Å². The highest BCUT2D eigenvalue weighted by molar-refractivity contribution is 5.66. The second-order valence-electron chi connectivity index (χ2n) is 4.99. The van der Waals surface area contributed by atoms with Crippen molar-refractivity contribution in [1.29, 1.82) is 5.26 Å². The maximum absolute atomic E-state index is 8.84. The molecule has 0 aliphatic carbocycles. The van der Waals surface area contributed by atoms with Crippen LogP contribution in [0.3, 0.4) is 0 Å². The number of nitrogens with zero attached hydrogens (tertiary/aromatic N) is 1. The Labute approximate surface area is 137 Å². The van der Waals surface area contributed by atoms with Crippen molar-refractivity contribution in [3.05, 3.63) is 54.1 Å². The first-order valence-corrected chi connectivity index (χ1v) is 7.84. The smallest absolute Gasteiger partial charge is 0.174 e. The molecule has 2 aromatic rings. The molecule has 0 saturated carbocycles. The molecule has 23 heavy (non-hydrogen) atoms. The van der Waals surface area contributed by atoms with Gasteiger partial charge in [-0.3, -0.25) is 0 Å². The second-order valence-corrected chi connectivity index (χ2v) is 4.99. The van der Waals surface area contributed by atoms with Gasteiger partial charge in [0.15, 0.2) is 6.29 Å². The van der Waals surface area contributed by atoms with Gasteiger partial charge >= 0.3 is 0 Å². The van der Waals surface area contributed by atoms with Gasteiger partial charge in [-0.05, 0) is 49.2 Å². The zero-order valence-electron chi connectivity index (χ0n) is 13.6. The quantitative estimate of drug-likeness (QED) is 0.748. The Morgan fingerprint density at radius 3 is 1.91 bits per heavy atom. The molecule has 2 rings (SSSR count). The van der Waals surface area contributed by atoms with Gasteiger partial charge in [0.1, 0.15) is 0 Å². The Morgan fingerprint density at radius 1 is 0.913 bits per heavy atom. The van der Waals surface area contributed by atoms with Gasteiger partial charge in [0, 0.05) is 18.9 Å². The van der Waals surface area contributed by atoms with Gasteiger partial charge in [-0.15, -0.1) is 0 Å². The van der Waals surface area contributed by atoms with E-state index in [9.17, 15) is 0 Å². The molecule has 0 spiro atoms. The van der Waals surface area contributed by atoms with Crippen LogP contribution < -0.4 is 5.32 Å². The van der Waals surface area contributed by atoms with Crippen molar-refractivity contribution in [2.45, 2.75) is 20.1 Å². The lowest BCUT2D eigenvalue weighted by molar-refractivity contribution is -0.126. The van der Waals surface area contributed by atoms with Crippen molar-refractivity contribution < 1.29 is 9.47 Å². The van der Waals surface area contributed by atoms with Gasteiger partial charge in [0.25, 0.3) is 0 Å². The Bertz CT molecular complexity index is 624. The molecule has 2 aromatic carbocycles. The van der Waals surface area contributed by atoms with E-state index in [2.05, 4.69) is 23.5 Å². The molecule has 4 heteroatoms. The van der Waals surface area contributed by atoms with Crippen molar-refractivity contribution in [3.63, 3.8) is 0 Å². The third kappa shape index (κ3) is 5.10. The normalized spacial score (nSPS) is 10.5. The average Bonchev–Trinajstić information content (AvgIpc) is 2.61. The minimum absolute atomic E-state index is 0.233. The highest BCUT2D eigenvalue weighted by atomic mass is 16.7. The molecule has 0 atom stereocenters. The minimum Gasteiger partial charge on any atom is -0.380 e. The number of hydrogen-bond acceptors (Lipinski definition) is 4. The summed E-state index contributed by atoms with van der Waals surface area (Å²) in [6.07, 6.45) is -0.233. The number of hydrogen-bond donors (Lipinski definition) is 1. The molecule has 0 fully saturated rings. The van der Waals surface area contributed by atoms with Crippen molar-refractivity contribution in [2.75, 3.05) is 25.1 Å². The fourth-order valence-corrected chi connectivity index (χ4v) is 2.26. The summed E-state index contributed by atoms with van der Waals surface area (Å²) < 4.78 is 11.0. The van der Waals surface area contributed by atoms with E-state index in [-0.39, 0.29) is 6.29 Å². The Hall–Kier alpha value is -2.35. The summed E-state index contributed by atoms with van der Waals surface area (Å²) in [6.45, 7) is 5.78. The number of nitrogens with one attached hydrogen (secondary N) is 1. The third-order valence-electron chi connectivity index (χ3n) is 3.41. The average molecular weight is 310 g/mol. The molecular weight excluding hydrogens is 288 g/mol. The van der Waals surface area contributed by atoms with Gasteiger partial charge in [-0.2, -0.15) is 5.26 Å². The molecule has 4 nitrogen and oxygen atoms in total. The standard InChI is InChI=1S/C19H22N2O2/c1-3-22-19(23-4-2)14-21-18-11-9-17(10-12-18)16-7-5-15(13-20)6-8-16/h5-12,19,21H,3-4,14H2,1-2H3. The Morgan fingerprint density at radius 2 is 1.43 bits per heavy atom. The molecule has 0 aromatic heterocycles. The van der Waals surface area contributed by atoms with Crippen molar-refractivity contribution in [3.8, 4) is 17.2 Å². The van der Waals surface area contributed by atoms with E-state index in [0.29, 0.717) is 25.3 Å². The zero-order valence-corrected chi connectivity index (χ0v) is 13.6. The Kier molecular flexibility index (Phi) is 6.61. The van der Waals surface area contributed by atoms with E-state index in [1.54, 1.807) is 0 Å². The summed E-state index contributed by atoms with van der Waals surface area (Å²) in [5, 5.41) is 12.2. The largest absolute Gasteiger partial charge is 0.380 e. The molecule has 120 valence electrons. The van der Waals surface area contributed by atoms with Crippen LogP contribution in [0.1, 0.15) is 19.4 Å². The third-order valence-corrected chi connectivity index (χ3v) is 3.41. The van der Waals surface area contributed by atoms with E-state index in [0.717, 1.165) is 16.8 Å². The number of nitriles is 1. The summed E-state index contributed by atoms with van der Waals surface area (Å²) in [7, 11) is 0. The van der Waals surface area contributed by atoms with E-state index in [1.165, 1.54) is 0 Å². The van der Waals surface area contributed by atoms with E-state index >= 15 is 0 Å². The minimum atomic E-state index is -0.233. The molecule has 0 aliphatic rings. The van der Waals surface area contributed by atoms with Crippen LogP contribution in [0.15, 0.2) is 48.5 Å². The summed E-state index contributed by atoms with van der Waals surface area (Å²) in [5.41, 5.74) is 3.90. The number of anilines is 1. The zero-order chi connectivity index (χ0) is 16.5. The van der Waals surface area contributed by atoms with Crippen LogP contribution in [0.25, 0.3) is 11.1 Å². The fourth-order valence-electron chi connectivity index (χ4n) is 2.26. The van der Waals surface area contributed by atoms with Crippen LogP contribution in [-0.2, 0) is 9.47 Å². The van der Waals surface area contributed by atoms with E-state index in [4.69, 9.17) is 14.7 Å². The lowest BCUT2D eigenvalue weighted by atomic mass is 10.0. The molecule has 0 bridgehead atoms. The molecule has 1 N–H and O–H groups in total. The van der Waals surface area contributed by atoms with Gasteiger partial charge in [0.05, 0.1) is 18.2 Å². The van der Waals surface area contributed by atoms with Crippen molar-refractivity contribution >= 4 is 5.69 Å². The van der Waals surface area contributed by atoms with Crippen LogP contribution in [0, 0.1) is 11.3 Å². The van der Waals surface area contributed by atoms with Gasteiger partial charge < -0.3 is 14.8 Å². The summed E-state index contributed by atoms with van der Waals surface area (Å²) in [5.74, 6) is 0. The Balaban J connectivity index is 1.97. The molecule has 0 amide bonds. The predicted molar refractivity (Wildman–Crippen MR) is 92.1 cm³/mol. The first kappa shape index (κ1) is 17.0. The maximum Gasteiger partial charge on any atom is 0.174 e. The molecule has 0 radical (unpaired) electrons. The highest BCUT2D eigenvalue weighted by Gasteiger charge is 2.07. The predicted octanol–water partition coefficient (Wildman–Crippen LogP) is 4.04. The molecule has 0 heterocycles. The first-order valence-electron chi connectivity index (χ1n) is 7.84. The van der Waals surface area contributed by atoms with Crippen LogP contribution in [0.5, 0.6) is 0 Å². The first-order chi connectivity index (χ1) is 11.3. The maximum atomic E-state index is 8.84. The highest BCUT2D eigenvalue weighted by Crippen LogP contribution is 2.21. The fraction of sp³-hybridized carbons (Fsp3) is 0.316. The number of ether oxygens (including phenoxy) is 2. The van der Waals surface area contributed by atoms with Crippen molar-refractivity contribution in [1.82, 2.24) is 0 Å². The van der Waals surface area contributed by atoms with Crippen LogP contribution >= 0.6 is 0 Å². The second kappa shape index (κ2) is 8.94. The van der Waals surface area contributed by atoms with Gasteiger partial charge in [-0.1, -0.05) is 24.3 Å². The monoisotopic (exact) mass is 310 g/mol. The summed E-state index contributed by atoms with van der Waals surface area (Å²) in [4.78, 5) is 0. The SMILES string of the molecule is CCOC(CNc1ccc(-c2ccc(C#N)cc2)cc1)OCC. The molecule has 0 saturated heterocycles. The lowest BCUT2D eigenvalue weighted by Crippen LogP contribution is -2.26. The molecule has 0 unspecified atom stereocenters. The summed E-state index contributed by atoms with van der Waals surface area (Å²) >= 11 is 0. The van der Waals surface area contributed by atoms with Crippen LogP contribution in [-0.4, -0.2) is 26.0 Å². The topological polar surface area (TPSA) is 54.3 Å². The molecule has 0 aliphatic heterocycles.